The van der Waals surface area contributed by atoms with Crippen LogP contribution in [0.5, 0.6) is 0 Å². The van der Waals surface area contributed by atoms with E-state index in [0.717, 1.165) is 12.8 Å². The molecule has 2 rings (SSSR count). The lowest BCUT2D eigenvalue weighted by Gasteiger charge is -2.34. The van der Waals surface area contributed by atoms with Gasteiger partial charge in [0, 0.05) is 17.8 Å². The van der Waals surface area contributed by atoms with Crippen LogP contribution in [0, 0.1) is 0 Å². The quantitative estimate of drug-likeness (QED) is 0.821. The molecule has 4 nitrogen and oxygen atoms in total. The minimum atomic E-state index is -0.982. The van der Waals surface area contributed by atoms with Gasteiger partial charge in [0.25, 0.3) is 0 Å². The van der Waals surface area contributed by atoms with Crippen LogP contribution in [-0.2, 0) is 10.3 Å². The smallest absolute Gasteiger partial charge is 0.242 e. The molecule has 1 saturated carbocycles. The number of carbonyl (C=O) groups excluding carboxylic acids is 1. The minimum absolute atomic E-state index is 0.286. The fourth-order valence-electron chi connectivity index (χ4n) is 2.89. The van der Waals surface area contributed by atoms with Crippen LogP contribution >= 0.6 is 23.2 Å². The number of nitrogens with one attached hydrogen (secondary N) is 1. The molecule has 1 amide bonds. The molecule has 0 spiro atoms. The molecule has 1 aromatic rings. The third-order valence-electron chi connectivity index (χ3n) is 4.04. The molecule has 110 valence electrons. The first kappa shape index (κ1) is 15.5. The third-order valence-corrected chi connectivity index (χ3v) is 4.56. The van der Waals surface area contributed by atoms with E-state index in [1.165, 1.54) is 12.8 Å². The number of aromatic nitrogens is 1. The van der Waals surface area contributed by atoms with Gasteiger partial charge in [0.2, 0.25) is 5.91 Å². The summed E-state index contributed by atoms with van der Waals surface area (Å²) in [5, 5.41) is 4.13. The molecule has 1 aliphatic rings. The van der Waals surface area contributed by atoms with Gasteiger partial charge >= 0.3 is 0 Å². The second-order valence-electron chi connectivity index (χ2n) is 5.24. The van der Waals surface area contributed by atoms with Crippen LogP contribution in [0.15, 0.2) is 12.3 Å². The maximum atomic E-state index is 12.1. The zero-order valence-electron chi connectivity index (χ0n) is 11.5. The highest BCUT2D eigenvalue weighted by Gasteiger charge is 2.41. The molecule has 3 N–H and O–H groups in total. The average Bonchev–Trinajstić information content (AvgIpc) is 2.89. The van der Waals surface area contributed by atoms with Crippen LogP contribution in [0.2, 0.25) is 10.2 Å². The van der Waals surface area contributed by atoms with Crippen molar-refractivity contribution in [2.24, 2.45) is 5.73 Å². The molecule has 1 aromatic heterocycles. The van der Waals surface area contributed by atoms with Crippen molar-refractivity contribution in [2.45, 2.75) is 50.6 Å². The molecule has 1 unspecified atom stereocenters. The van der Waals surface area contributed by atoms with Crippen molar-refractivity contribution in [3.05, 3.63) is 28.0 Å². The van der Waals surface area contributed by atoms with Gasteiger partial charge in [-0.25, -0.2) is 4.98 Å². The third kappa shape index (κ3) is 2.92. The molecule has 1 heterocycles. The Hall–Kier alpha value is -0.840. The summed E-state index contributed by atoms with van der Waals surface area (Å²) in [7, 11) is 0. The first-order chi connectivity index (χ1) is 9.49. The van der Waals surface area contributed by atoms with Crippen molar-refractivity contribution >= 4 is 29.1 Å². The van der Waals surface area contributed by atoms with Gasteiger partial charge in [0.15, 0.2) is 0 Å². The van der Waals surface area contributed by atoms with Crippen LogP contribution in [0.3, 0.4) is 0 Å². The molecule has 1 fully saturated rings. The molecule has 0 saturated heterocycles. The monoisotopic (exact) mass is 315 g/mol. The summed E-state index contributed by atoms with van der Waals surface area (Å²) in [6.07, 6.45) is 6.50. The fourth-order valence-corrected chi connectivity index (χ4v) is 3.42. The van der Waals surface area contributed by atoms with Crippen LogP contribution < -0.4 is 11.1 Å². The van der Waals surface area contributed by atoms with E-state index >= 15 is 0 Å². The summed E-state index contributed by atoms with van der Waals surface area (Å²) in [6, 6.07) is 1.83. The standard InChI is InChI=1S/C14H19Cl2N3O/c1-2-14(13(17)20,19-9-5-3-4-6-9)10-8-18-12(16)7-11(10)15/h7-9,19H,2-6H2,1H3,(H2,17,20). The topological polar surface area (TPSA) is 68.0 Å². The number of pyridine rings is 1. The highest BCUT2D eigenvalue weighted by atomic mass is 35.5. The molecular formula is C14H19Cl2N3O. The van der Waals surface area contributed by atoms with Crippen LogP contribution in [0.1, 0.15) is 44.6 Å². The number of primary amides is 1. The van der Waals surface area contributed by atoms with Gasteiger partial charge in [-0.3, -0.25) is 10.1 Å². The number of hydrogen-bond donors (Lipinski definition) is 2. The highest BCUT2D eigenvalue weighted by Crippen LogP contribution is 2.34. The molecule has 6 heteroatoms. The molecule has 1 atom stereocenters. The Kier molecular flexibility index (Phi) is 4.89. The summed E-state index contributed by atoms with van der Waals surface area (Å²) in [5.74, 6) is -0.432. The predicted octanol–water partition coefficient (Wildman–Crippen LogP) is 3.01. The lowest BCUT2D eigenvalue weighted by Crippen LogP contribution is -2.55. The summed E-state index contributed by atoms with van der Waals surface area (Å²) >= 11 is 12.1. The normalized spacial score (nSPS) is 18.9. The van der Waals surface area contributed by atoms with Gasteiger partial charge in [-0.2, -0.15) is 0 Å². The SMILES string of the molecule is CCC(NC1CCCC1)(C(N)=O)c1cnc(Cl)cc1Cl. The maximum Gasteiger partial charge on any atom is 0.242 e. The van der Waals surface area contributed by atoms with Crippen molar-refractivity contribution in [1.82, 2.24) is 10.3 Å². The Morgan fingerprint density at radius 1 is 1.50 bits per heavy atom. The number of halogens is 2. The Morgan fingerprint density at radius 2 is 2.15 bits per heavy atom. The van der Waals surface area contributed by atoms with E-state index in [1.54, 1.807) is 12.3 Å². The molecule has 0 aromatic carbocycles. The van der Waals surface area contributed by atoms with Crippen molar-refractivity contribution in [3.8, 4) is 0 Å². The van der Waals surface area contributed by atoms with E-state index in [2.05, 4.69) is 10.3 Å². The zero-order valence-corrected chi connectivity index (χ0v) is 13.0. The summed E-state index contributed by atoms with van der Waals surface area (Å²) in [5.41, 5.74) is 5.30. The van der Waals surface area contributed by atoms with Crippen LogP contribution in [0.25, 0.3) is 0 Å². The summed E-state index contributed by atoms with van der Waals surface area (Å²) in [4.78, 5) is 16.2. The summed E-state index contributed by atoms with van der Waals surface area (Å²) in [6.45, 7) is 1.91. The number of carbonyl (C=O) groups is 1. The maximum absolute atomic E-state index is 12.1. The Labute approximate surface area is 129 Å². The predicted molar refractivity (Wildman–Crippen MR) is 80.8 cm³/mol. The highest BCUT2D eigenvalue weighted by molar-refractivity contribution is 6.34. The second-order valence-corrected chi connectivity index (χ2v) is 6.03. The van der Waals surface area contributed by atoms with E-state index in [-0.39, 0.29) is 6.04 Å². The number of nitrogens with zero attached hydrogens (tertiary/aromatic N) is 1. The Balaban J connectivity index is 2.41. The van der Waals surface area contributed by atoms with E-state index in [4.69, 9.17) is 28.9 Å². The Bertz CT molecular complexity index is 503. The molecule has 0 bridgehead atoms. The van der Waals surface area contributed by atoms with Crippen molar-refractivity contribution < 1.29 is 4.79 Å². The largest absolute Gasteiger partial charge is 0.368 e. The van der Waals surface area contributed by atoms with Crippen molar-refractivity contribution in [3.63, 3.8) is 0 Å². The van der Waals surface area contributed by atoms with Gasteiger partial charge in [-0.15, -0.1) is 0 Å². The van der Waals surface area contributed by atoms with E-state index < -0.39 is 11.4 Å². The Morgan fingerprint density at radius 3 is 2.65 bits per heavy atom. The lowest BCUT2D eigenvalue weighted by molar-refractivity contribution is -0.125. The molecular weight excluding hydrogens is 297 g/mol. The van der Waals surface area contributed by atoms with E-state index in [0.29, 0.717) is 22.2 Å². The number of rotatable bonds is 5. The van der Waals surface area contributed by atoms with Crippen LogP contribution in [-0.4, -0.2) is 16.9 Å². The van der Waals surface area contributed by atoms with Gasteiger partial charge in [0.1, 0.15) is 10.7 Å². The first-order valence-corrected chi connectivity index (χ1v) is 7.64. The van der Waals surface area contributed by atoms with Crippen molar-refractivity contribution in [2.75, 3.05) is 0 Å². The molecule has 20 heavy (non-hydrogen) atoms. The van der Waals surface area contributed by atoms with Gasteiger partial charge in [-0.1, -0.05) is 43.0 Å². The minimum Gasteiger partial charge on any atom is -0.368 e. The molecule has 0 radical (unpaired) electrons. The van der Waals surface area contributed by atoms with Gasteiger partial charge in [0.05, 0.1) is 5.02 Å². The second kappa shape index (κ2) is 6.29. The van der Waals surface area contributed by atoms with E-state index in [1.807, 2.05) is 6.92 Å². The first-order valence-electron chi connectivity index (χ1n) is 6.88. The van der Waals surface area contributed by atoms with Gasteiger partial charge < -0.3 is 5.73 Å². The zero-order chi connectivity index (χ0) is 14.8. The lowest BCUT2D eigenvalue weighted by atomic mass is 9.86. The fraction of sp³-hybridized carbons (Fsp3) is 0.571. The number of amides is 1. The van der Waals surface area contributed by atoms with E-state index in [9.17, 15) is 4.79 Å². The van der Waals surface area contributed by atoms with Crippen molar-refractivity contribution in [1.29, 1.82) is 0 Å². The number of nitrogens with two attached hydrogens (primary N) is 1. The number of hydrogen-bond acceptors (Lipinski definition) is 3. The molecule has 0 aliphatic heterocycles. The summed E-state index contributed by atoms with van der Waals surface area (Å²) < 4.78 is 0. The van der Waals surface area contributed by atoms with Gasteiger partial charge in [-0.05, 0) is 25.3 Å². The van der Waals surface area contributed by atoms with Crippen LogP contribution in [0.4, 0.5) is 0 Å². The molecule has 1 aliphatic carbocycles. The average molecular weight is 316 g/mol.